The molecule has 1 fully saturated rings. The van der Waals surface area contributed by atoms with Crippen molar-refractivity contribution >= 4 is 22.8 Å². The number of thiazole rings is 1. The van der Waals surface area contributed by atoms with Crippen LogP contribution in [0.15, 0.2) is 17.6 Å². The highest BCUT2D eigenvalue weighted by molar-refractivity contribution is 7.09. The molecule has 1 aliphatic heterocycles. The summed E-state index contributed by atoms with van der Waals surface area (Å²) in [5.74, 6) is 0.522. The molecule has 2 aromatic heterocycles. The Morgan fingerprint density at radius 2 is 2.20 bits per heavy atom. The molecule has 3 rings (SSSR count). The van der Waals surface area contributed by atoms with E-state index < -0.39 is 16.8 Å². The zero-order chi connectivity index (χ0) is 18.2. The van der Waals surface area contributed by atoms with E-state index in [1.165, 1.54) is 12.3 Å². The molecule has 10 heteroatoms. The summed E-state index contributed by atoms with van der Waals surface area (Å²) in [6, 6.07) is 1.46. The number of alkyl halides is 3. The zero-order valence-electron chi connectivity index (χ0n) is 13.3. The van der Waals surface area contributed by atoms with Gasteiger partial charge in [-0.2, -0.15) is 13.2 Å². The molecule has 0 aliphatic carbocycles. The Bertz CT molecular complexity index is 793. The summed E-state index contributed by atoms with van der Waals surface area (Å²) >= 11 is 1.02. The van der Waals surface area contributed by atoms with Crippen LogP contribution in [0.25, 0.3) is 0 Å². The first kappa shape index (κ1) is 17.6. The fraction of sp³-hybridized carbons (Fsp3) is 0.467. The molecular formula is C15H15F3N4O2S. The van der Waals surface area contributed by atoms with Crippen LogP contribution in [-0.2, 0) is 6.18 Å². The van der Waals surface area contributed by atoms with Crippen LogP contribution in [0.5, 0.6) is 0 Å². The van der Waals surface area contributed by atoms with Gasteiger partial charge >= 0.3 is 6.18 Å². The first-order chi connectivity index (χ1) is 11.8. The average Bonchev–Trinajstić information content (AvgIpc) is 3.05. The maximum atomic E-state index is 12.7. The molecule has 0 saturated carbocycles. The van der Waals surface area contributed by atoms with Gasteiger partial charge in [0.1, 0.15) is 12.0 Å². The Morgan fingerprint density at radius 3 is 2.80 bits per heavy atom. The number of rotatable bonds is 3. The topological polar surface area (TPSA) is 72.2 Å². The van der Waals surface area contributed by atoms with Crippen molar-refractivity contribution in [2.45, 2.75) is 31.9 Å². The van der Waals surface area contributed by atoms with Crippen LogP contribution in [0, 0.1) is 17.0 Å². The van der Waals surface area contributed by atoms with E-state index in [9.17, 15) is 23.3 Å². The normalized spacial score (nSPS) is 18.4. The van der Waals surface area contributed by atoms with Crippen molar-refractivity contribution in [3.05, 3.63) is 44.0 Å². The van der Waals surface area contributed by atoms with Gasteiger partial charge in [-0.05, 0) is 25.3 Å². The third kappa shape index (κ3) is 3.73. The molecule has 0 N–H and O–H groups in total. The highest BCUT2D eigenvalue weighted by Gasteiger charge is 2.35. The molecule has 1 unspecified atom stereocenters. The SMILES string of the molecule is Cc1cc([N+](=O)[O-])cnc1N1CCCC(c2nc(C(F)(F)F)cs2)C1. The van der Waals surface area contributed by atoms with Gasteiger partial charge in [-0.3, -0.25) is 10.1 Å². The fourth-order valence-electron chi connectivity index (χ4n) is 2.96. The summed E-state index contributed by atoms with van der Waals surface area (Å²) in [5, 5.41) is 12.3. The van der Waals surface area contributed by atoms with Crippen molar-refractivity contribution in [1.82, 2.24) is 9.97 Å². The largest absolute Gasteiger partial charge is 0.434 e. The van der Waals surface area contributed by atoms with Crippen LogP contribution in [0.1, 0.15) is 35.0 Å². The number of nitrogens with zero attached hydrogens (tertiary/aromatic N) is 4. The summed E-state index contributed by atoms with van der Waals surface area (Å²) in [7, 11) is 0. The van der Waals surface area contributed by atoms with Gasteiger partial charge in [0.2, 0.25) is 0 Å². The second-order valence-corrected chi connectivity index (χ2v) is 6.83. The molecule has 2 aromatic rings. The molecule has 0 radical (unpaired) electrons. The molecular weight excluding hydrogens is 357 g/mol. The molecule has 3 heterocycles. The minimum Gasteiger partial charge on any atom is -0.356 e. The van der Waals surface area contributed by atoms with E-state index in [1.807, 2.05) is 4.90 Å². The van der Waals surface area contributed by atoms with Gasteiger partial charge < -0.3 is 4.90 Å². The minimum absolute atomic E-state index is 0.0791. The van der Waals surface area contributed by atoms with Crippen molar-refractivity contribution in [2.75, 3.05) is 18.0 Å². The Hall–Kier alpha value is -2.23. The average molecular weight is 372 g/mol. The molecule has 6 nitrogen and oxygen atoms in total. The van der Waals surface area contributed by atoms with Gasteiger partial charge in [0, 0.05) is 30.5 Å². The lowest BCUT2D eigenvalue weighted by molar-refractivity contribution is -0.385. The predicted molar refractivity (Wildman–Crippen MR) is 86.9 cm³/mol. The molecule has 1 aliphatic rings. The Labute approximate surface area is 145 Å². The summed E-state index contributed by atoms with van der Waals surface area (Å²) in [5.41, 5.74) is -0.260. The van der Waals surface area contributed by atoms with E-state index in [-0.39, 0.29) is 11.6 Å². The van der Waals surface area contributed by atoms with Gasteiger partial charge in [-0.25, -0.2) is 9.97 Å². The first-order valence-corrected chi connectivity index (χ1v) is 8.52. The number of piperidine rings is 1. The van der Waals surface area contributed by atoms with E-state index in [1.54, 1.807) is 6.92 Å². The smallest absolute Gasteiger partial charge is 0.356 e. The number of hydrogen-bond acceptors (Lipinski definition) is 6. The number of aromatic nitrogens is 2. The Kier molecular flexibility index (Phi) is 4.63. The van der Waals surface area contributed by atoms with Crippen LogP contribution in [0.2, 0.25) is 0 Å². The van der Waals surface area contributed by atoms with Crippen molar-refractivity contribution in [3.63, 3.8) is 0 Å². The van der Waals surface area contributed by atoms with Crippen molar-refractivity contribution < 1.29 is 18.1 Å². The van der Waals surface area contributed by atoms with Gasteiger partial charge in [0.25, 0.3) is 5.69 Å². The molecule has 1 saturated heterocycles. The number of hydrogen-bond donors (Lipinski definition) is 0. The van der Waals surface area contributed by atoms with Crippen LogP contribution < -0.4 is 4.90 Å². The summed E-state index contributed by atoms with van der Waals surface area (Å²) in [4.78, 5) is 20.2. The van der Waals surface area contributed by atoms with Crippen LogP contribution in [0.4, 0.5) is 24.7 Å². The lowest BCUT2D eigenvalue weighted by atomic mass is 9.98. The monoisotopic (exact) mass is 372 g/mol. The van der Waals surface area contributed by atoms with Crippen molar-refractivity contribution in [2.24, 2.45) is 0 Å². The Balaban J connectivity index is 1.79. The minimum atomic E-state index is -4.43. The number of halogens is 3. The fourth-order valence-corrected chi connectivity index (χ4v) is 3.91. The number of nitro groups is 1. The van der Waals surface area contributed by atoms with E-state index in [2.05, 4.69) is 9.97 Å². The second-order valence-electron chi connectivity index (χ2n) is 5.95. The van der Waals surface area contributed by atoms with Crippen LogP contribution in [-0.4, -0.2) is 28.0 Å². The van der Waals surface area contributed by atoms with E-state index >= 15 is 0 Å². The maximum Gasteiger partial charge on any atom is 0.434 e. The van der Waals surface area contributed by atoms with Crippen LogP contribution in [0.3, 0.4) is 0 Å². The van der Waals surface area contributed by atoms with E-state index in [0.717, 1.165) is 29.6 Å². The van der Waals surface area contributed by atoms with Gasteiger partial charge in [-0.1, -0.05) is 0 Å². The van der Waals surface area contributed by atoms with Crippen molar-refractivity contribution in [3.8, 4) is 0 Å². The standard InChI is InChI=1S/C15H15F3N4O2S/c1-9-5-11(22(23)24)6-19-13(9)21-4-2-3-10(7-21)14-20-12(8-25-14)15(16,17)18/h5-6,8,10H,2-4,7H2,1H3. The third-order valence-electron chi connectivity index (χ3n) is 4.13. The third-order valence-corrected chi connectivity index (χ3v) is 5.14. The maximum absolute atomic E-state index is 12.7. The quantitative estimate of drug-likeness (QED) is 0.598. The lowest BCUT2D eigenvalue weighted by Gasteiger charge is -2.33. The first-order valence-electron chi connectivity index (χ1n) is 7.64. The van der Waals surface area contributed by atoms with Gasteiger partial charge in [0.05, 0.1) is 9.93 Å². The van der Waals surface area contributed by atoms with Crippen molar-refractivity contribution in [1.29, 1.82) is 0 Å². The van der Waals surface area contributed by atoms with E-state index in [0.29, 0.717) is 29.5 Å². The summed E-state index contributed by atoms with van der Waals surface area (Å²) < 4.78 is 38.2. The summed E-state index contributed by atoms with van der Waals surface area (Å²) in [6.45, 7) is 2.94. The number of anilines is 1. The molecule has 1 atom stereocenters. The molecule has 0 bridgehead atoms. The highest BCUT2D eigenvalue weighted by atomic mass is 32.1. The summed E-state index contributed by atoms with van der Waals surface area (Å²) in [6.07, 6.45) is -1.67. The zero-order valence-corrected chi connectivity index (χ0v) is 14.1. The molecule has 0 spiro atoms. The molecule has 134 valence electrons. The molecule has 25 heavy (non-hydrogen) atoms. The van der Waals surface area contributed by atoms with Gasteiger partial charge in [0.15, 0.2) is 5.69 Å². The highest BCUT2D eigenvalue weighted by Crippen LogP contribution is 2.36. The second kappa shape index (κ2) is 6.58. The Morgan fingerprint density at radius 1 is 1.44 bits per heavy atom. The number of aryl methyl sites for hydroxylation is 1. The van der Waals surface area contributed by atoms with Gasteiger partial charge in [-0.15, -0.1) is 11.3 Å². The molecule has 0 aromatic carbocycles. The lowest BCUT2D eigenvalue weighted by Crippen LogP contribution is -2.35. The van der Waals surface area contributed by atoms with E-state index in [4.69, 9.17) is 0 Å². The van der Waals surface area contributed by atoms with Crippen LogP contribution >= 0.6 is 11.3 Å². The predicted octanol–water partition coefficient (Wildman–Crippen LogP) is 4.16. The number of pyridine rings is 1. The molecule has 0 amide bonds.